The summed E-state index contributed by atoms with van der Waals surface area (Å²) < 4.78 is 5.52. The van der Waals surface area contributed by atoms with Gasteiger partial charge in [-0.2, -0.15) is 0 Å². The molecule has 0 atom stereocenters. The van der Waals surface area contributed by atoms with Crippen LogP contribution in [-0.4, -0.2) is 31.4 Å². The summed E-state index contributed by atoms with van der Waals surface area (Å²) in [6.07, 6.45) is 1.86. The van der Waals surface area contributed by atoms with Crippen LogP contribution in [0.3, 0.4) is 0 Å². The summed E-state index contributed by atoms with van der Waals surface area (Å²) in [5.41, 5.74) is 5.97. The van der Waals surface area contributed by atoms with Crippen molar-refractivity contribution in [3.8, 4) is 5.75 Å². The van der Waals surface area contributed by atoms with Crippen molar-refractivity contribution in [3.63, 3.8) is 0 Å². The number of ketones is 1. The average molecular weight is 315 g/mol. The predicted molar refractivity (Wildman–Crippen MR) is 85.1 cm³/mol. The summed E-state index contributed by atoms with van der Waals surface area (Å²) in [4.78, 5) is 22.6. The first-order valence-corrected chi connectivity index (χ1v) is 6.84. The number of ether oxygens (including phenoxy) is 1. The van der Waals surface area contributed by atoms with Crippen LogP contribution in [0.5, 0.6) is 5.75 Å². The molecule has 0 bridgehead atoms. The third-order valence-electron chi connectivity index (χ3n) is 2.76. The quantitative estimate of drug-likeness (QED) is 0.539. The Kier molecular flexibility index (Phi) is 10.3. The van der Waals surface area contributed by atoms with Gasteiger partial charge in [0, 0.05) is 18.5 Å². The van der Waals surface area contributed by atoms with E-state index in [2.05, 4.69) is 5.32 Å². The van der Waals surface area contributed by atoms with E-state index in [0.717, 1.165) is 6.42 Å². The van der Waals surface area contributed by atoms with E-state index < -0.39 is 0 Å². The lowest BCUT2D eigenvalue weighted by atomic mass is 10.1. The zero-order valence-electron chi connectivity index (χ0n) is 12.3. The molecule has 6 heteroatoms. The Labute approximate surface area is 131 Å². The van der Waals surface area contributed by atoms with Gasteiger partial charge in [-0.25, -0.2) is 0 Å². The van der Waals surface area contributed by atoms with Crippen molar-refractivity contribution >= 4 is 24.1 Å². The van der Waals surface area contributed by atoms with E-state index >= 15 is 0 Å². The molecule has 0 saturated carbocycles. The molecule has 0 unspecified atom stereocenters. The summed E-state index contributed by atoms with van der Waals surface area (Å²) in [5.74, 6) is 0.676. The Morgan fingerprint density at radius 1 is 1.29 bits per heavy atom. The van der Waals surface area contributed by atoms with Gasteiger partial charge in [0.15, 0.2) is 5.78 Å². The van der Waals surface area contributed by atoms with Gasteiger partial charge in [0.1, 0.15) is 5.75 Å². The maximum atomic E-state index is 11.4. The molecule has 118 valence electrons. The summed E-state index contributed by atoms with van der Waals surface area (Å²) in [5, 5.41) is 2.79. The molecule has 21 heavy (non-hydrogen) atoms. The van der Waals surface area contributed by atoms with E-state index in [-0.39, 0.29) is 24.1 Å². The Bertz CT molecular complexity index is 452. The number of nitrogens with two attached hydrogens (primary N) is 1. The van der Waals surface area contributed by atoms with Gasteiger partial charge in [-0.05, 0) is 38.4 Å². The van der Waals surface area contributed by atoms with Crippen LogP contribution in [0.25, 0.3) is 0 Å². The molecule has 0 saturated heterocycles. The van der Waals surface area contributed by atoms with Crippen molar-refractivity contribution < 1.29 is 14.3 Å². The first-order chi connectivity index (χ1) is 9.63. The van der Waals surface area contributed by atoms with Gasteiger partial charge in [-0.3, -0.25) is 9.59 Å². The molecular weight excluding hydrogens is 292 g/mol. The molecule has 1 amide bonds. The van der Waals surface area contributed by atoms with Gasteiger partial charge in [0.2, 0.25) is 5.91 Å². The van der Waals surface area contributed by atoms with Gasteiger partial charge in [0.25, 0.3) is 0 Å². The van der Waals surface area contributed by atoms with Crippen LogP contribution in [0.15, 0.2) is 24.3 Å². The van der Waals surface area contributed by atoms with E-state index in [4.69, 9.17) is 10.5 Å². The zero-order chi connectivity index (χ0) is 14.8. The number of hydrogen-bond donors (Lipinski definition) is 2. The number of hydrogen-bond acceptors (Lipinski definition) is 4. The van der Waals surface area contributed by atoms with Crippen molar-refractivity contribution in [2.45, 2.75) is 26.2 Å². The number of amides is 1. The first kappa shape index (κ1) is 19.4. The van der Waals surface area contributed by atoms with Gasteiger partial charge in [0.05, 0.1) is 6.61 Å². The standard InChI is InChI=1S/C15H22N2O3.ClH/c1-12(18)13-5-2-6-14(11-13)20-10-3-7-15(19)17-9-4-8-16;/h2,5-6,11H,3-4,7-10,16H2,1H3,(H,17,19);1H. The van der Waals surface area contributed by atoms with Crippen LogP contribution in [0.2, 0.25) is 0 Å². The predicted octanol–water partition coefficient (Wildman–Crippen LogP) is 1.94. The van der Waals surface area contributed by atoms with Gasteiger partial charge in [-0.1, -0.05) is 12.1 Å². The van der Waals surface area contributed by atoms with Gasteiger partial charge in [-0.15, -0.1) is 12.4 Å². The van der Waals surface area contributed by atoms with Crippen molar-refractivity contribution in [2.24, 2.45) is 5.73 Å². The highest BCUT2D eigenvalue weighted by atomic mass is 35.5. The topological polar surface area (TPSA) is 81.4 Å². The van der Waals surface area contributed by atoms with E-state index in [1.807, 2.05) is 0 Å². The molecule has 0 spiro atoms. The Morgan fingerprint density at radius 2 is 2.05 bits per heavy atom. The fourth-order valence-electron chi connectivity index (χ4n) is 1.65. The van der Waals surface area contributed by atoms with E-state index in [9.17, 15) is 9.59 Å². The summed E-state index contributed by atoms with van der Waals surface area (Å²) >= 11 is 0. The third-order valence-corrected chi connectivity index (χ3v) is 2.76. The van der Waals surface area contributed by atoms with E-state index in [0.29, 0.717) is 43.9 Å². The monoisotopic (exact) mass is 314 g/mol. The van der Waals surface area contributed by atoms with E-state index in [1.165, 1.54) is 6.92 Å². The minimum absolute atomic E-state index is 0. The highest BCUT2D eigenvalue weighted by molar-refractivity contribution is 5.94. The van der Waals surface area contributed by atoms with Crippen molar-refractivity contribution in [3.05, 3.63) is 29.8 Å². The minimum atomic E-state index is 0. The van der Waals surface area contributed by atoms with Crippen molar-refractivity contribution in [1.82, 2.24) is 5.32 Å². The molecule has 3 N–H and O–H groups in total. The van der Waals surface area contributed by atoms with Crippen LogP contribution in [0.1, 0.15) is 36.5 Å². The van der Waals surface area contributed by atoms with E-state index in [1.54, 1.807) is 24.3 Å². The molecule has 1 aromatic rings. The highest BCUT2D eigenvalue weighted by Crippen LogP contribution is 2.14. The molecule has 0 radical (unpaired) electrons. The number of rotatable bonds is 9. The first-order valence-electron chi connectivity index (χ1n) is 6.84. The second-order valence-electron chi connectivity index (χ2n) is 4.53. The summed E-state index contributed by atoms with van der Waals surface area (Å²) in [6, 6.07) is 7.04. The minimum Gasteiger partial charge on any atom is -0.494 e. The number of nitrogens with one attached hydrogen (secondary N) is 1. The van der Waals surface area contributed by atoms with Gasteiger partial charge >= 0.3 is 0 Å². The number of carbonyl (C=O) groups excluding carboxylic acids is 2. The van der Waals surface area contributed by atoms with Crippen LogP contribution >= 0.6 is 12.4 Å². The Balaban J connectivity index is 0.00000400. The lowest BCUT2D eigenvalue weighted by Gasteiger charge is -2.07. The smallest absolute Gasteiger partial charge is 0.220 e. The summed E-state index contributed by atoms with van der Waals surface area (Å²) in [7, 11) is 0. The average Bonchev–Trinajstić information content (AvgIpc) is 2.44. The number of benzene rings is 1. The van der Waals surface area contributed by atoms with Gasteiger partial charge < -0.3 is 15.8 Å². The maximum absolute atomic E-state index is 11.4. The highest BCUT2D eigenvalue weighted by Gasteiger charge is 2.03. The molecule has 1 aromatic carbocycles. The van der Waals surface area contributed by atoms with Crippen molar-refractivity contribution in [1.29, 1.82) is 0 Å². The fraction of sp³-hybridized carbons (Fsp3) is 0.467. The number of Topliss-reactive ketones (excluding diaryl/α,β-unsaturated/α-hetero) is 1. The lowest BCUT2D eigenvalue weighted by Crippen LogP contribution is -2.26. The fourth-order valence-corrected chi connectivity index (χ4v) is 1.65. The molecule has 1 rings (SSSR count). The second kappa shape index (κ2) is 11.1. The zero-order valence-corrected chi connectivity index (χ0v) is 13.1. The van der Waals surface area contributed by atoms with Crippen LogP contribution < -0.4 is 15.8 Å². The molecule has 5 nitrogen and oxygen atoms in total. The largest absolute Gasteiger partial charge is 0.494 e. The molecule has 0 aliphatic heterocycles. The number of halogens is 1. The van der Waals surface area contributed by atoms with Crippen LogP contribution in [-0.2, 0) is 4.79 Å². The Morgan fingerprint density at radius 3 is 2.71 bits per heavy atom. The second-order valence-corrected chi connectivity index (χ2v) is 4.53. The molecule has 0 heterocycles. The number of carbonyl (C=O) groups is 2. The summed E-state index contributed by atoms with van der Waals surface area (Å²) in [6.45, 7) is 3.17. The third kappa shape index (κ3) is 8.32. The molecule has 0 fully saturated rings. The molecule has 0 aliphatic carbocycles. The SMILES string of the molecule is CC(=O)c1cccc(OCCCC(=O)NCCCN)c1.Cl. The lowest BCUT2D eigenvalue weighted by molar-refractivity contribution is -0.121. The molecule has 0 aromatic heterocycles. The van der Waals surface area contributed by atoms with Crippen LogP contribution in [0, 0.1) is 0 Å². The van der Waals surface area contributed by atoms with Crippen molar-refractivity contribution in [2.75, 3.05) is 19.7 Å². The van der Waals surface area contributed by atoms with Crippen LogP contribution in [0.4, 0.5) is 0 Å². The normalized spacial score (nSPS) is 9.62. The maximum Gasteiger partial charge on any atom is 0.220 e. The molecule has 0 aliphatic rings. The Hall–Kier alpha value is -1.59. The molecular formula is C15H23ClN2O3.